The monoisotopic (exact) mass is 242 g/mol. The molecule has 0 aliphatic carbocycles. The SMILES string of the molecule is O=Cc1cc(F)c(OCC2CCOC2)c(F)c1. The Morgan fingerprint density at radius 2 is 2.12 bits per heavy atom. The summed E-state index contributed by atoms with van der Waals surface area (Å²) in [4.78, 5) is 10.4. The number of ether oxygens (including phenoxy) is 2. The Balaban J connectivity index is 2.06. The lowest BCUT2D eigenvalue weighted by molar-refractivity contribution is 0.112. The molecule has 0 spiro atoms. The normalized spacial score (nSPS) is 19.3. The minimum atomic E-state index is -0.856. The van der Waals surface area contributed by atoms with Crippen molar-refractivity contribution in [3.63, 3.8) is 0 Å². The maximum atomic E-state index is 13.4. The molecule has 1 fully saturated rings. The van der Waals surface area contributed by atoms with Gasteiger partial charge in [-0.25, -0.2) is 8.78 Å². The molecule has 92 valence electrons. The summed E-state index contributed by atoms with van der Waals surface area (Å²) < 4.78 is 37.1. The molecule has 0 saturated carbocycles. The molecule has 1 aliphatic heterocycles. The van der Waals surface area contributed by atoms with Crippen molar-refractivity contribution in [1.82, 2.24) is 0 Å². The van der Waals surface area contributed by atoms with E-state index in [0.717, 1.165) is 18.6 Å². The molecular formula is C12H12F2O3. The largest absolute Gasteiger partial charge is 0.487 e. The van der Waals surface area contributed by atoms with Gasteiger partial charge in [0.25, 0.3) is 0 Å². The van der Waals surface area contributed by atoms with E-state index in [4.69, 9.17) is 9.47 Å². The second-order valence-corrected chi connectivity index (χ2v) is 3.97. The molecule has 1 heterocycles. The van der Waals surface area contributed by atoms with Gasteiger partial charge in [0, 0.05) is 18.1 Å². The van der Waals surface area contributed by atoms with Crippen LogP contribution in [0, 0.1) is 17.6 Å². The lowest BCUT2D eigenvalue weighted by atomic mass is 10.1. The van der Waals surface area contributed by atoms with Crippen LogP contribution in [0.2, 0.25) is 0 Å². The minimum Gasteiger partial charge on any atom is -0.487 e. The Morgan fingerprint density at radius 3 is 2.65 bits per heavy atom. The number of benzene rings is 1. The minimum absolute atomic E-state index is 0.0449. The zero-order valence-electron chi connectivity index (χ0n) is 9.12. The molecule has 0 radical (unpaired) electrons. The average Bonchev–Trinajstić information content (AvgIpc) is 2.80. The molecule has 1 saturated heterocycles. The lowest BCUT2D eigenvalue weighted by Crippen LogP contribution is -2.13. The molecule has 0 N–H and O–H groups in total. The van der Waals surface area contributed by atoms with Crippen molar-refractivity contribution in [2.24, 2.45) is 5.92 Å². The molecule has 1 unspecified atom stereocenters. The highest BCUT2D eigenvalue weighted by molar-refractivity contribution is 5.75. The van der Waals surface area contributed by atoms with Gasteiger partial charge in [0.05, 0.1) is 13.2 Å². The van der Waals surface area contributed by atoms with Crippen molar-refractivity contribution < 1.29 is 23.0 Å². The number of carbonyl (C=O) groups excluding carboxylic acids is 1. The first-order valence-corrected chi connectivity index (χ1v) is 5.35. The molecule has 0 aromatic heterocycles. The predicted molar refractivity (Wildman–Crippen MR) is 56.2 cm³/mol. The van der Waals surface area contributed by atoms with Crippen molar-refractivity contribution in [1.29, 1.82) is 0 Å². The Bertz CT molecular complexity index is 391. The van der Waals surface area contributed by atoms with Gasteiger partial charge in [0.2, 0.25) is 0 Å². The van der Waals surface area contributed by atoms with E-state index >= 15 is 0 Å². The van der Waals surface area contributed by atoms with Crippen LogP contribution in [-0.2, 0) is 4.74 Å². The second-order valence-electron chi connectivity index (χ2n) is 3.97. The van der Waals surface area contributed by atoms with E-state index in [-0.39, 0.29) is 18.1 Å². The van der Waals surface area contributed by atoms with Crippen LogP contribution in [0.25, 0.3) is 0 Å². The van der Waals surface area contributed by atoms with E-state index < -0.39 is 17.4 Å². The van der Waals surface area contributed by atoms with Crippen LogP contribution >= 0.6 is 0 Å². The molecule has 5 heteroatoms. The zero-order valence-corrected chi connectivity index (χ0v) is 9.12. The van der Waals surface area contributed by atoms with Crippen molar-refractivity contribution >= 4 is 6.29 Å². The maximum absolute atomic E-state index is 13.4. The number of hydrogen-bond donors (Lipinski definition) is 0. The molecule has 1 aromatic carbocycles. The van der Waals surface area contributed by atoms with Gasteiger partial charge in [-0.15, -0.1) is 0 Å². The summed E-state index contributed by atoms with van der Waals surface area (Å²) in [5, 5.41) is 0. The molecule has 0 amide bonds. The molecule has 2 rings (SSSR count). The van der Waals surface area contributed by atoms with E-state index in [9.17, 15) is 13.6 Å². The Kier molecular flexibility index (Phi) is 3.68. The van der Waals surface area contributed by atoms with E-state index in [1.54, 1.807) is 0 Å². The van der Waals surface area contributed by atoms with Crippen LogP contribution in [0.3, 0.4) is 0 Å². The number of hydrogen-bond acceptors (Lipinski definition) is 3. The third-order valence-electron chi connectivity index (χ3n) is 2.64. The standard InChI is InChI=1S/C12H12F2O3/c13-10-3-9(5-15)4-11(14)12(10)17-7-8-1-2-16-6-8/h3-5,8H,1-2,6-7H2. The van der Waals surface area contributed by atoms with Crippen molar-refractivity contribution in [3.05, 3.63) is 29.3 Å². The first-order valence-electron chi connectivity index (χ1n) is 5.35. The van der Waals surface area contributed by atoms with Crippen molar-refractivity contribution in [2.75, 3.05) is 19.8 Å². The van der Waals surface area contributed by atoms with E-state index in [2.05, 4.69) is 0 Å². The topological polar surface area (TPSA) is 35.5 Å². The van der Waals surface area contributed by atoms with Gasteiger partial charge in [0.1, 0.15) is 6.29 Å². The third-order valence-corrected chi connectivity index (χ3v) is 2.64. The predicted octanol–water partition coefficient (Wildman–Crippen LogP) is 2.19. The molecule has 1 aliphatic rings. The summed E-state index contributed by atoms with van der Waals surface area (Å²) in [5.74, 6) is -1.97. The highest BCUT2D eigenvalue weighted by Crippen LogP contribution is 2.24. The second kappa shape index (κ2) is 5.23. The van der Waals surface area contributed by atoms with Crippen LogP contribution < -0.4 is 4.74 Å². The Labute approximate surface area is 97.3 Å². The number of rotatable bonds is 4. The fraction of sp³-hybridized carbons (Fsp3) is 0.417. The number of halogens is 2. The van der Waals surface area contributed by atoms with Crippen LogP contribution in [0.4, 0.5) is 8.78 Å². The molecule has 1 aromatic rings. The molecular weight excluding hydrogens is 230 g/mol. The number of aldehydes is 1. The van der Waals surface area contributed by atoms with Gasteiger partial charge < -0.3 is 9.47 Å². The van der Waals surface area contributed by atoms with E-state index in [1.165, 1.54) is 0 Å². The highest BCUT2D eigenvalue weighted by Gasteiger charge is 2.19. The lowest BCUT2D eigenvalue weighted by Gasteiger charge is -2.11. The molecule has 1 atom stereocenters. The maximum Gasteiger partial charge on any atom is 0.190 e. The van der Waals surface area contributed by atoms with Crippen LogP contribution in [0.1, 0.15) is 16.8 Å². The summed E-state index contributed by atoms with van der Waals surface area (Å²) in [6.45, 7) is 1.42. The average molecular weight is 242 g/mol. The quantitative estimate of drug-likeness (QED) is 0.759. The van der Waals surface area contributed by atoms with Crippen molar-refractivity contribution in [2.45, 2.75) is 6.42 Å². The van der Waals surface area contributed by atoms with Gasteiger partial charge in [-0.3, -0.25) is 4.79 Å². The Hall–Kier alpha value is -1.49. The van der Waals surface area contributed by atoms with Gasteiger partial charge in [-0.1, -0.05) is 0 Å². The van der Waals surface area contributed by atoms with Gasteiger partial charge in [0.15, 0.2) is 17.4 Å². The highest BCUT2D eigenvalue weighted by atomic mass is 19.1. The summed E-state index contributed by atoms with van der Waals surface area (Å²) in [7, 11) is 0. The first kappa shape index (κ1) is 12.0. The van der Waals surface area contributed by atoms with E-state index in [0.29, 0.717) is 19.5 Å². The van der Waals surface area contributed by atoms with Crippen LogP contribution in [0.15, 0.2) is 12.1 Å². The van der Waals surface area contributed by atoms with Crippen LogP contribution in [0.5, 0.6) is 5.75 Å². The fourth-order valence-corrected chi connectivity index (χ4v) is 1.70. The smallest absolute Gasteiger partial charge is 0.190 e. The Morgan fingerprint density at radius 1 is 1.41 bits per heavy atom. The van der Waals surface area contributed by atoms with Gasteiger partial charge in [-0.2, -0.15) is 0 Å². The molecule has 17 heavy (non-hydrogen) atoms. The summed E-state index contributed by atoms with van der Waals surface area (Å²) in [6, 6.07) is 1.91. The molecule has 3 nitrogen and oxygen atoms in total. The summed E-state index contributed by atoms with van der Waals surface area (Å²) >= 11 is 0. The first-order chi connectivity index (χ1) is 8.20. The fourth-order valence-electron chi connectivity index (χ4n) is 1.70. The summed E-state index contributed by atoms with van der Waals surface area (Å²) in [6.07, 6.45) is 1.22. The van der Waals surface area contributed by atoms with Gasteiger partial charge in [-0.05, 0) is 18.6 Å². The van der Waals surface area contributed by atoms with Gasteiger partial charge >= 0.3 is 0 Å². The molecule has 0 bridgehead atoms. The zero-order chi connectivity index (χ0) is 12.3. The third kappa shape index (κ3) is 2.79. The number of carbonyl (C=O) groups is 1. The van der Waals surface area contributed by atoms with E-state index in [1.807, 2.05) is 0 Å². The van der Waals surface area contributed by atoms with Crippen LogP contribution in [-0.4, -0.2) is 26.1 Å². The summed E-state index contributed by atoms with van der Waals surface area (Å²) in [5.41, 5.74) is -0.0449. The van der Waals surface area contributed by atoms with Crippen molar-refractivity contribution in [3.8, 4) is 5.75 Å².